The molecule has 0 radical (unpaired) electrons. The summed E-state index contributed by atoms with van der Waals surface area (Å²) in [6.07, 6.45) is 0. The average molecular weight is 293 g/mol. The number of oxime groups is 1. The molecule has 0 aliphatic carbocycles. The number of nitrogens with zero attached hydrogens (tertiary/aromatic N) is 2. The highest BCUT2D eigenvalue weighted by atomic mass is 16.5. The summed E-state index contributed by atoms with van der Waals surface area (Å²) in [7, 11) is 1.66. The lowest BCUT2D eigenvalue weighted by atomic mass is 10.1. The predicted octanol–water partition coefficient (Wildman–Crippen LogP) is 2.66. The third kappa shape index (κ3) is 4.93. The van der Waals surface area contributed by atoms with Gasteiger partial charge in [0.05, 0.1) is 7.11 Å². The second-order valence-corrected chi connectivity index (χ2v) is 5.93. The highest BCUT2D eigenvalue weighted by Crippen LogP contribution is 2.23. The molecule has 118 valence electrons. The molecule has 0 aromatic heterocycles. The Labute approximate surface area is 127 Å². The van der Waals surface area contributed by atoms with E-state index >= 15 is 0 Å². The van der Waals surface area contributed by atoms with Crippen LogP contribution in [0, 0.1) is 5.92 Å². The summed E-state index contributed by atoms with van der Waals surface area (Å²) in [6.45, 7) is 10.6. The Morgan fingerprint density at radius 3 is 2.48 bits per heavy atom. The maximum Gasteiger partial charge on any atom is 0.170 e. The Morgan fingerprint density at radius 2 is 2.00 bits per heavy atom. The zero-order valence-electron chi connectivity index (χ0n) is 13.6. The third-order valence-corrected chi connectivity index (χ3v) is 3.39. The average Bonchev–Trinajstić information content (AvgIpc) is 2.45. The molecule has 0 unspecified atom stereocenters. The number of methoxy groups -OCH3 is 1. The van der Waals surface area contributed by atoms with Gasteiger partial charge in [0.15, 0.2) is 5.84 Å². The first kappa shape index (κ1) is 17.3. The van der Waals surface area contributed by atoms with Gasteiger partial charge in [-0.3, -0.25) is 4.90 Å². The van der Waals surface area contributed by atoms with Crippen LogP contribution >= 0.6 is 0 Å². The fraction of sp³-hybridized carbons (Fsp3) is 0.562. The maximum atomic E-state index is 8.82. The SMILES string of the molecule is COc1ccc(/C(N)=N/O)cc1CN(CC(C)C)C(C)C. The predicted molar refractivity (Wildman–Crippen MR) is 85.9 cm³/mol. The van der Waals surface area contributed by atoms with Gasteiger partial charge in [0.1, 0.15) is 5.75 Å². The van der Waals surface area contributed by atoms with Crippen LogP contribution < -0.4 is 10.5 Å². The van der Waals surface area contributed by atoms with Crippen LogP contribution in [0.1, 0.15) is 38.8 Å². The molecule has 0 spiro atoms. The van der Waals surface area contributed by atoms with Crippen LogP contribution in [0.2, 0.25) is 0 Å². The molecule has 3 N–H and O–H groups in total. The Balaban J connectivity index is 3.08. The molecular formula is C16H27N3O2. The smallest absolute Gasteiger partial charge is 0.170 e. The van der Waals surface area contributed by atoms with Crippen LogP contribution in [0.15, 0.2) is 23.4 Å². The van der Waals surface area contributed by atoms with Crippen molar-refractivity contribution < 1.29 is 9.94 Å². The molecule has 0 amide bonds. The highest BCUT2D eigenvalue weighted by Gasteiger charge is 2.15. The van der Waals surface area contributed by atoms with Crippen LogP contribution in [-0.4, -0.2) is 35.6 Å². The van der Waals surface area contributed by atoms with E-state index in [1.165, 1.54) is 0 Å². The van der Waals surface area contributed by atoms with E-state index in [0.29, 0.717) is 17.5 Å². The molecule has 21 heavy (non-hydrogen) atoms. The van der Waals surface area contributed by atoms with Crippen molar-refractivity contribution in [2.75, 3.05) is 13.7 Å². The molecule has 1 rings (SSSR count). The maximum absolute atomic E-state index is 8.82. The van der Waals surface area contributed by atoms with E-state index in [2.05, 4.69) is 37.8 Å². The lowest BCUT2D eigenvalue weighted by Gasteiger charge is -2.29. The minimum Gasteiger partial charge on any atom is -0.496 e. The molecule has 0 saturated carbocycles. The first-order valence-corrected chi connectivity index (χ1v) is 7.27. The second-order valence-electron chi connectivity index (χ2n) is 5.93. The summed E-state index contributed by atoms with van der Waals surface area (Å²) in [6, 6.07) is 6.00. The van der Waals surface area contributed by atoms with Crippen molar-refractivity contribution in [1.29, 1.82) is 0 Å². The molecule has 0 fully saturated rings. The van der Waals surface area contributed by atoms with Crippen LogP contribution in [0.25, 0.3) is 0 Å². The van der Waals surface area contributed by atoms with Gasteiger partial charge in [-0.15, -0.1) is 0 Å². The van der Waals surface area contributed by atoms with E-state index in [0.717, 1.165) is 24.4 Å². The summed E-state index contributed by atoms with van der Waals surface area (Å²) >= 11 is 0. The lowest BCUT2D eigenvalue weighted by molar-refractivity contribution is 0.187. The summed E-state index contributed by atoms with van der Waals surface area (Å²) in [4.78, 5) is 2.39. The van der Waals surface area contributed by atoms with Gasteiger partial charge in [-0.05, 0) is 38.0 Å². The van der Waals surface area contributed by atoms with Crippen molar-refractivity contribution in [3.63, 3.8) is 0 Å². The van der Waals surface area contributed by atoms with Crippen molar-refractivity contribution in [3.05, 3.63) is 29.3 Å². The molecule has 0 heterocycles. The van der Waals surface area contributed by atoms with Crippen LogP contribution in [-0.2, 0) is 6.54 Å². The van der Waals surface area contributed by atoms with Crippen molar-refractivity contribution in [1.82, 2.24) is 4.90 Å². The second kappa shape index (κ2) is 7.88. The Bertz CT molecular complexity index is 484. The van der Waals surface area contributed by atoms with Crippen LogP contribution in [0.3, 0.4) is 0 Å². The van der Waals surface area contributed by atoms with Crippen LogP contribution in [0.4, 0.5) is 0 Å². The van der Waals surface area contributed by atoms with Crippen molar-refractivity contribution in [2.24, 2.45) is 16.8 Å². The number of amidine groups is 1. The monoisotopic (exact) mass is 293 g/mol. The van der Waals surface area contributed by atoms with E-state index in [9.17, 15) is 0 Å². The van der Waals surface area contributed by atoms with Crippen LogP contribution in [0.5, 0.6) is 5.75 Å². The molecule has 0 aliphatic heterocycles. The number of hydrogen-bond donors (Lipinski definition) is 2. The molecule has 0 saturated heterocycles. The molecular weight excluding hydrogens is 266 g/mol. The van der Waals surface area contributed by atoms with E-state index in [1.54, 1.807) is 13.2 Å². The molecule has 1 aromatic carbocycles. The molecule has 1 aromatic rings. The fourth-order valence-electron chi connectivity index (χ4n) is 2.26. The summed E-state index contributed by atoms with van der Waals surface area (Å²) in [5.74, 6) is 1.52. The molecule has 5 nitrogen and oxygen atoms in total. The minimum absolute atomic E-state index is 0.110. The van der Waals surface area contributed by atoms with Gasteiger partial charge < -0.3 is 15.7 Å². The van der Waals surface area contributed by atoms with E-state index in [1.807, 2.05) is 12.1 Å². The molecule has 0 atom stereocenters. The van der Waals surface area contributed by atoms with Gasteiger partial charge in [0.2, 0.25) is 0 Å². The normalized spacial score (nSPS) is 12.5. The van der Waals surface area contributed by atoms with E-state index < -0.39 is 0 Å². The van der Waals surface area contributed by atoms with Gasteiger partial charge in [0, 0.05) is 30.3 Å². The first-order valence-electron chi connectivity index (χ1n) is 7.27. The third-order valence-electron chi connectivity index (χ3n) is 3.39. The van der Waals surface area contributed by atoms with Crippen molar-refractivity contribution in [2.45, 2.75) is 40.3 Å². The standard InChI is InChI=1S/C16H27N3O2/c1-11(2)9-19(12(3)4)10-14-8-13(16(17)18-20)6-7-15(14)21-5/h6-8,11-12,20H,9-10H2,1-5H3,(H2,17,18). The van der Waals surface area contributed by atoms with Gasteiger partial charge in [-0.1, -0.05) is 19.0 Å². The summed E-state index contributed by atoms with van der Waals surface area (Å²) in [5.41, 5.74) is 7.41. The Hall–Kier alpha value is -1.75. The number of nitrogens with two attached hydrogens (primary N) is 1. The first-order chi connectivity index (χ1) is 9.88. The fourth-order valence-corrected chi connectivity index (χ4v) is 2.26. The van der Waals surface area contributed by atoms with Crippen molar-refractivity contribution in [3.8, 4) is 5.75 Å². The van der Waals surface area contributed by atoms with E-state index in [-0.39, 0.29) is 5.84 Å². The van der Waals surface area contributed by atoms with Crippen molar-refractivity contribution >= 4 is 5.84 Å². The molecule has 0 bridgehead atoms. The Morgan fingerprint density at radius 1 is 1.33 bits per heavy atom. The number of rotatable bonds is 7. The van der Waals surface area contributed by atoms with Gasteiger partial charge in [0.25, 0.3) is 0 Å². The number of hydrogen-bond acceptors (Lipinski definition) is 4. The topological polar surface area (TPSA) is 71.1 Å². The summed E-state index contributed by atoms with van der Waals surface area (Å²) < 4.78 is 5.43. The van der Waals surface area contributed by atoms with Gasteiger partial charge >= 0.3 is 0 Å². The van der Waals surface area contributed by atoms with E-state index in [4.69, 9.17) is 15.7 Å². The van der Waals surface area contributed by atoms with Gasteiger partial charge in [-0.2, -0.15) is 0 Å². The lowest BCUT2D eigenvalue weighted by Crippen LogP contribution is -2.33. The highest BCUT2D eigenvalue weighted by molar-refractivity contribution is 5.97. The number of ether oxygens (including phenoxy) is 1. The molecule has 5 heteroatoms. The largest absolute Gasteiger partial charge is 0.496 e. The number of benzene rings is 1. The summed E-state index contributed by atoms with van der Waals surface area (Å²) in [5, 5.41) is 11.9. The zero-order chi connectivity index (χ0) is 16.0. The minimum atomic E-state index is 0.110. The van der Waals surface area contributed by atoms with Gasteiger partial charge in [-0.25, -0.2) is 0 Å². The Kier molecular flexibility index (Phi) is 6.49. The quantitative estimate of drug-likeness (QED) is 0.351. The molecule has 0 aliphatic rings. The zero-order valence-corrected chi connectivity index (χ0v) is 13.6.